The van der Waals surface area contributed by atoms with E-state index in [9.17, 15) is 5.26 Å². The fraction of sp³-hybridized carbons (Fsp3) is 0.571. The zero-order chi connectivity index (χ0) is 17.4. The van der Waals surface area contributed by atoms with Gasteiger partial charge >= 0.3 is 0 Å². The lowest BCUT2D eigenvalue weighted by Gasteiger charge is -2.33. The van der Waals surface area contributed by atoms with Gasteiger partial charge in [0.2, 0.25) is 0 Å². The molecule has 0 N–H and O–H groups in total. The predicted molar refractivity (Wildman–Crippen MR) is 100 cm³/mol. The van der Waals surface area contributed by atoms with Crippen LogP contribution in [0.2, 0.25) is 0 Å². The Kier molecular flexibility index (Phi) is 7.34. The third kappa shape index (κ3) is 5.11. The van der Waals surface area contributed by atoms with Crippen LogP contribution in [0.25, 0.3) is 0 Å². The number of anilines is 1. The van der Waals surface area contributed by atoms with E-state index >= 15 is 0 Å². The van der Waals surface area contributed by atoms with Crippen LogP contribution in [0.1, 0.15) is 56.6 Å². The highest BCUT2D eigenvalue weighted by Crippen LogP contribution is 2.30. The van der Waals surface area contributed by atoms with Crippen molar-refractivity contribution in [3.63, 3.8) is 0 Å². The summed E-state index contributed by atoms with van der Waals surface area (Å²) < 4.78 is 5.59. The van der Waals surface area contributed by atoms with E-state index in [2.05, 4.69) is 37.1 Å². The molecule has 0 spiro atoms. The fourth-order valence-electron chi connectivity index (χ4n) is 3.50. The molecule has 1 aromatic carbocycles. The van der Waals surface area contributed by atoms with Gasteiger partial charge in [0.25, 0.3) is 0 Å². The van der Waals surface area contributed by atoms with Crippen LogP contribution < -0.4 is 4.90 Å². The maximum Gasteiger partial charge on any atom is 0.0992 e. The second-order valence-electron chi connectivity index (χ2n) is 6.83. The maximum absolute atomic E-state index is 9.23. The number of rotatable bonds is 7. The lowest BCUT2D eigenvalue weighted by atomic mass is 9.86. The topological polar surface area (TPSA) is 36.3 Å². The van der Waals surface area contributed by atoms with Crippen LogP contribution in [0, 0.1) is 24.2 Å². The molecule has 1 aliphatic rings. The zero-order valence-corrected chi connectivity index (χ0v) is 15.3. The molecule has 130 valence electrons. The van der Waals surface area contributed by atoms with Crippen molar-refractivity contribution < 1.29 is 4.74 Å². The van der Waals surface area contributed by atoms with Crippen molar-refractivity contribution in [1.29, 1.82) is 5.26 Å². The summed E-state index contributed by atoms with van der Waals surface area (Å²) in [6.07, 6.45) is 11.9. The minimum absolute atomic E-state index is 0.400. The lowest BCUT2D eigenvalue weighted by Crippen LogP contribution is -2.31. The van der Waals surface area contributed by atoms with Gasteiger partial charge < -0.3 is 9.64 Å². The molecule has 3 heteroatoms. The van der Waals surface area contributed by atoms with Gasteiger partial charge in [-0.2, -0.15) is 5.26 Å². The third-order valence-electron chi connectivity index (χ3n) is 4.91. The number of unbranched alkanes of at least 4 members (excludes halogenated alkanes) is 1. The summed E-state index contributed by atoms with van der Waals surface area (Å²) >= 11 is 0. The highest BCUT2D eigenvalue weighted by molar-refractivity contribution is 5.59. The molecular weight excluding hydrogens is 296 g/mol. The van der Waals surface area contributed by atoms with E-state index in [1.54, 1.807) is 0 Å². The SMILES string of the molecule is CCC/C=C/N(CC1CCCC(OC)C1)c1cc(C#N)ccc1C. The van der Waals surface area contributed by atoms with Gasteiger partial charge in [-0.15, -0.1) is 0 Å². The second kappa shape index (κ2) is 9.49. The van der Waals surface area contributed by atoms with Crippen molar-refractivity contribution in [1.82, 2.24) is 0 Å². The summed E-state index contributed by atoms with van der Waals surface area (Å²) in [4.78, 5) is 2.34. The van der Waals surface area contributed by atoms with Gasteiger partial charge in [0.1, 0.15) is 0 Å². The maximum atomic E-state index is 9.23. The first kappa shape index (κ1) is 18.5. The van der Waals surface area contributed by atoms with E-state index in [0.29, 0.717) is 12.0 Å². The number of aryl methyl sites for hydroxylation is 1. The lowest BCUT2D eigenvalue weighted by molar-refractivity contribution is 0.0523. The minimum Gasteiger partial charge on any atom is -0.381 e. The van der Waals surface area contributed by atoms with Gasteiger partial charge in [-0.3, -0.25) is 0 Å². The first-order valence-electron chi connectivity index (χ1n) is 9.14. The van der Waals surface area contributed by atoms with Gasteiger partial charge in [0.05, 0.1) is 17.7 Å². The molecule has 0 aliphatic heterocycles. The molecule has 0 heterocycles. The molecule has 24 heavy (non-hydrogen) atoms. The molecule has 1 saturated carbocycles. The minimum atomic E-state index is 0.400. The van der Waals surface area contributed by atoms with Crippen LogP contribution in [0.4, 0.5) is 5.69 Å². The summed E-state index contributed by atoms with van der Waals surface area (Å²) in [5, 5.41) is 9.23. The molecule has 0 saturated heterocycles. The van der Waals surface area contributed by atoms with E-state index in [1.165, 1.54) is 24.8 Å². The number of nitriles is 1. The predicted octanol–water partition coefficient (Wildman–Crippen LogP) is 5.19. The first-order valence-corrected chi connectivity index (χ1v) is 9.14. The van der Waals surface area contributed by atoms with Crippen molar-refractivity contribution in [2.24, 2.45) is 5.92 Å². The molecule has 1 aromatic rings. The smallest absolute Gasteiger partial charge is 0.0992 e. The van der Waals surface area contributed by atoms with Crippen molar-refractivity contribution in [2.75, 3.05) is 18.6 Å². The third-order valence-corrected chi connectivity index (χ3v) is 4.91. The molecule has 0 aromatic heterocycles. The molecular formula is C21H30N2O. The van der Waals surface area contributed by atoms with Gasteiger partial charge in [-0.25, -0.2) is 0 Å². The second-order valence-corrected chi connectivity index (χ2v) is 6.83. The molecule has 0 amide bonds. The molecule has 0 radical (unpaired) electrons. The first-order chi connectivity index (χ1) is 11.7. The van der Waals surface area contributed by atoms with Crippen molar-refractivity contribution in [3.8, 4) is 6.07 Å². The molecule has 2 unspecified atom stereocenters. The van der Waals surface area contributed by atoms with Gasteiger partial charge in [-0.05, 0) is 56.2 Å². The average molecular weight is 326 g/mol. The number of allylic oxidation sites excluding steroid dienone is 1. The Balaban J connectivity index is 2.20. The highest BCUT2D eigenvalue weighted by Gasteiger charge is 2.23. The standard InChI is InChI=1S/C21H30N2O/c1-4-5-6-12-23(16-19-8-7-9-20(13-19)24-3)21-14-18(15-22)11-10-17(21)2/h6,10-12,14,19-20H,4-5,7-9,13,16H2,1-3H3/b12-6+. The van der Waals surface area contributed by atoms with Crippen molar-refractivity contribution in [3.05, 3.63) is 41.6 Å². The monoisotopic (exact) mass is 326 g/mol. The normalized spacial score (nSPS) is 20.9. The zero-order valence-electron chi connectivity index (χ0n) is 15.3. The number of benzene rings is 1. The summed E-state index contributed by atoms with van der Waals surface area (Å²) in [5.41, 5.74) is 3.10. The Morgan fingerprint density at radius 3 is 2.92 bits per heavy atom. The molecule has 3 nitrogen and oxygen atoms in total. The van der Waals surface area contributed by atoms with Crippen molar-refractivity contribution >= 4 is 5.69 Å². The summed E-state index contributed by atoms with van der Waals surface area (Å²) in [5.74, 6) is 0.639. The van der Waals surface area contributed by atoms with Crippen LogP contribution in [-0.2, 0) is 4.74 Å². The van der Waals surface area contributed by atoms with Gasteiger partial charge in [-0.1, -0.05) is 31.9 Å². The van der Waals surface area contributed by atoms with Crippen LogP contribution in [0.15, 0.2) is 30.5 Å². The number of hydrogen-bond acceptors (Lipinski definition) is 3. The summed E-state index contributed by atoms with van der Waals surface area (Å²) in [7, 11) is 1.83. The molecule has 2 atom stereocenters. The van der Waals surface area contributed by atoms with E-state index < -0.39 is 0 Å². The number of ether oxygens (including phenoxy) is 1. The molecule has 2 rings (SSSR count). The Labute approximate surface area is 146 Å². The molecule has 1 aliphatic carbocycles. The van der Waals surface area contributed by atoms with Gasteiger partial charge in [0.15, 0.2) is 0 Å². The van der Waals surface area contributed by atoms with Crippen LogP contribution in [-0.4, -0.2) is 19.8 Å². The van der Waals surface area contributed by atoms with E-state index in [4.69, 9.17) is 4.74 Å². The largest absolute Gasteiger partial charge is 0.381 e. The van der Waals surface area contributed by atoms with E-state index in [-0.39, 0.29) is 0 Å². The van der Waals surface area contributed by atoms with Gasteiger partial charge in [0, 0.05) is 25.5 Å². The van der Waals surface area contributed by atoms with E-state index in [1.807, 2.05) is 25.3 Å². The number of hydrogen-bond donors (Lipinski definition) is 0. The fourth-order valence-corrected chi connectivity index (χ4v) is 3.50. The van der Waals surface area contributed by atoms with E-state index in [0.717, 1.165) is 37.1 Å². The van der Waals surface area contributed by atoms with Crippen LogP contribution >= 0.6 is 0 Å². The molecule has 0 bridgehead atoms. The Hall–Kier alpha value is -1.79. The molecule has 1 fully saturated rings. The Morgan fingerprint density at radius 2 is 2.21 bits per heavy atom. The number of nitrogens with zero attached hydrogens (tertiary/aromatic N) is 2. The highest BCUT2D eigenvalue weighted by atomic mass is 16.5. The quantitative estimate of drug-likeness (QED) is 0.691. The Bertz CT molecular complexity index is 588. The van der Waals surface area contributed by atoms with Crippen LogP contribution in [0.5, 0.6) is 0 Å². The van der Waals surface area contributed by atoms with Crippen molar-refractivity contribution in [2.45, 2.75) is 58.5 Å². The Morgan fingerprint density at radius 1 is 1.38 bits per heavy atom. The summed E-state index contributed by atoms with van der Waals surface area (Å²) in [6.45, 7) is 5.31. The average Bonchev–Trinajstić information content (AvgIpc) is 2.62. The van der Waals surface area contributed by atoms with Crippen LogP contribution in [0.3, 0.4) is 0 Å². The summed E-state index contributed by atoms with van der Waals surface area (Å²) in [6, 6.07) is 8.23. The number of methoxy groups -OCH3 is 1.